The van der Waals surface area contributed by atoms with Gasteiger partial charge in [0.2, 0.25) is 5.91 Å². The number of anilines is 1. The van der Waals surface area contributed by atoms with Gasteiger partial charge >= 0.3 is 5.97 Å². The molecule has 0 aliphatic rings. The molecule has 2 heterocycles. The van der Waals surface area contributed by atoms with Crippen molar-refractivity contribution in [2.75, 3.05) is 11.9 Å². The highest BCUT2D eigenvalue weighted by molar-refractivity contribution is 7.09. The Balaban J connectivity index is 1.37. The number of benzene rings is 1. The summed E-state index contributed by atoms with van der Waals surface area (Å²) >= 11 is 2.78. The molecule has 0 atom stereocenters. The molecule has 1 aromatic carbocycles. The van der Waals surface area contributed by atoms with E-state index in [4.69, 9.17) is 4.74 Å². The number of ether oxygens (including phenoxy) is 1. The second-order valence-electron chi connectivity index (χ2n) is 6.45. The van der Waals surface area contributed by atoms with E-state index in [1.54, 1.807) is 16.8 Å². The summed E-state index contributed by atoms with van der Waals surface area (Å²) < 4.78 is 5.19. The van der Waals surface area contributed by atoms with E-state index in [-0.39, 0.29) is 37.8 Å². The van der Waals surface area contributed by atoms with Crippen LogP contribution in [-0.4, -0.2) is 29.3 Å². The molecule has 2 aromatic heterocycles. The number of nitrogens with zero attached hydrogens (tertiary/aromatic N) is 1. The number of para-hydroxylation sites is 1. The minimum absolute atomic E-state index is 0.0349. The van der Waals surface area contributed by atoms with Crippen LogP contribution in [0.3, 0.4) is 0 Å². The number of amides is 2. The van der Waals surface area contributed by atoms with Gasteiger partial charge in [0, 0.05) is 28.6 Å². The topological polar surface area (TPSA) is 97.4 Å². The summed E-state index contributed by atoms with van der Waals surface area (Å²) in [4.78, 5) is 40.2. The predicted molar refractivity (Wildman–Crippen MR) is 117 cm³/mol. The van der Waals surface area contributed by atoms with Gasteiger partial charge in [0.05, 0.1) is 18.5 Å². The van der Waals surface area contributed by atoms with Crippen LogP contribution in [0.1, 0.15) is 33.0 Å². The van der Waals surface area contributed by atoms with Crippen LogP contribution in [0, 0.1) is 6.92 Å². The Labute approximate surface area is 182 Å². The lowest BCUT2D eigenvalue weighted by molar-refractivity contribution is -0.144. The van der Waals surface area contributed by atoms with Gasteiger partial charge in [-0.05, 0) is 30.0 Å². The molecule has 2 N–H and O–H groups in total. The molecule has 3 aromatic rings. The number of hydrogen-bond acceptors (Lipinski definition) is 7. The van der Waals surface area contributed by atoms with Crippen molar-refractivity contribution in [2.45, 2.75) is 26.4 Å². The highest BCUT2D eigenvalue weighted by atomic mass is 32.1. The summed E-state index contributed by atoms with van der Waals surface area (Å²) in [5.74, 6) is -0.784. The molecule has 2 amide bonds. The smallest absolute Gasteiger partial charge is 0.307 e. The van der Waals surface area contributed by atoms with E-state index in [1.165, 1.54) is 22.7 Å². The highest BCUT2D eigenvalue weighted by Crippen LogP contribution is 2.16. The third kappa shape index (κ3) is 6.50. The summed E-state index contributed by atoms with van der Waals surface area (Å²) in [5, 5.41) is 11.5. The lowest BCUT2D eigenvalue weighted by Crippen LogP contribution is -2.26. The van der Waals surface area contributed by atoms with Crippen LogP contribution in [0.5, 0.6) is 0 Å². The molecular weight excluding hydrogens is 422 g/mol. The van der Waals surface area contributed by atoms with E-state index in [0.29, 0.717) is 16.3 Å². The zero-order valence-electron chi connectivity index (χ0n) is 16.3. The van der Waals surface area contributed by atoms with Crippen LogP contribution in [0.4, 0.5) is 5.69 Å². The fourth-order valence-corrected chi connectivity index (χ4v) is 3.95. The van der Waals surface area contributed by atoms with Crippen molar-refractivity contribution in [3.05, 3.63) is 68.3 Å². The van der Waals surface area contributed by atoms with Crippen LogP contribution in [0.25, 0.3) is 0 Å². The molecule has 0 spiro atoms. The van der Waals surface area contributed by atoms with E-state index in [0.717, 1.165) is 11.3 Å². The third-order valence-corrected chi connectivity index (χ3v) is 5.69. The number of nitrogens with one attached hydrogen (secondary N) is 2. The van der Waals surface area contributed by atoms with Crippen molar-refractivity contribution in [2.24, 2.45) is 0 Å². The van der Waals surface area contributed by atoms with Gasteiger partial charge < -0.3 is 15.4 Å². The number of thiophene rings is 1. The van der Waals surface area contributed by atoms with Crippen molar-refractivity contribution >= 4 is 46.1 Å². The monoisotopic (exact) mass is 443 g/mol. The van der Waals surface area contributed by atoms with Crippen LogP contribution in [0.15, 0.2) is 46.5 Å². The Kier molecular flexibility index (Phi) is 7.69. The Bertz CT molecular complexity index is 1010. The van der Waals surface area contributed by atoms with Gasteiger partial charge in [0.25, 0.3) is 5.91 Å². The number of rotatable bonds is 9. The first-order valence-corrected chi connectivity index (χ1v) is 11.1. The van der Waals surface area contributed by atoms with Crippen LogP contribution in [-0.2, 0) is 27.4 Å². The maximum atomic E-state index is 12.2. The van der Waals surface area contributed by atoms with Crippen LogP contribution in [0.2, 0.25) is 0 Å². The van der Waals surface area contributed by atoms with Gasteiger partial charge in [-0.2, -0.15) is 11.3 Å². The SMILES string of the molecule is Cc1ccccc1NC(=O)Cc1nc(COC(=O)CCNC(=O)c2ccsc2)cs1. The maximum Gasteiger partial charge on any atom is 0.307 e. The molecule has 0 aliphatic heterocycles. The van der Waals surface area contributed by atoms with Crippen molar-refractivity contribution in [1.29, 1.82) is 0 Å². The lowest BCUT2D eigenvalue weighted by atomic mass is 10.2. The summed E-state index contributed by atoms with van der Waals surface area (Å²) in [5.41, 5.74) is 2.94. The van der Waals surface area contributed by atoms with Crippen LogP contribution >= 0.6 is 22.7 Å². The first-order valence-electron chi connectivity index (χ1n) is 9.26. The average Bonchev–Trinajstić information content (AvgIpc) is 3.40. The standard InChI is InChI=1S/C21H21N3O4S2/c1-14-4-2-3-5-17(14)24-18(25)10-19-23-16(13-30-19)11-28-20(26)6-8-22-21(27)15-7-9-29-12-15/h2-5,7,9,12-13H,6,8,10-11H2,1H3,(H,22,27)(H,24,25). The molecule has 30 heavy (non-hydrogen) atoms. The predicted octanol–water partition coefficient (Wildman–Crippen LogP) is 3.56. The van der Waals surface area contributed by atoms with Crippen LogP contribution < -0.4 is 10.6 Å². The summed E-state index contributed by atoms with van der Waals surface area (Å²) in [7, 11) is 0. The molecule has 0 unspecified atom stereocenters. The minimum atomic E-state index is -0.424. The molecule has 0 saturated carbocycles. The number of aryl methyl sites for hydroxylation is 1. The molecule has 3 rings (SSSR count). The van der Waals surface area contributed by atoms with Gasteiger partial charge in [-0.15, -0.1) is 11.3 Å². The minimum Gasteiger partial charge on any atom is -0.459 e. The van der Waals surface area contributed by atoms with Gasteiger partial charge in [0.15, 0.2) is 0 Å². The van der Waals surface area contributed by atoms with E-state index in [2.05, 4.69) is 15.6 Å². The number of hydrogen-bond donors (Lipinski definition) is 2. The molecule has 0 saturated heterocycles. The molecule has 7 nitrogen and oxygen atoms in total. The number of carbonyl (C=O) groups is 3. The number of thiazole rings is 1. The fourth-order valence-electron chi connectivity index (χ4n) is 2.54. The van der Waals surface area contributed by atoms with Crippen molar-refractivity contribution < 1.29 is 19.1 Å². The Hall–Kier alpha value is -3.04. The van der Waals surface area contributed by atoms with Gasteiger partial charge in [0.1, 0.15) is 11.6 Å². The maximum absolute atomic E-state index is 12.2. The largest absolute Gasteiger partial charge is 0.459 e. The van der Waals surface area contributed by atoms with Gasteiger partial charge in [-0.3, -0.25) is 14.4 Å². The zero-order chi connectivity index (χ0) is 21.3. The quantitative estimate of drug-likeness (QED) is 0.493. The van der Waals surface area contributed by atoms with Gasteiger partial charge in [-0.1, -0.05) is 18.2 Å². The van der Waals surface area contributed by atoms with Crippen molar-refractivity contribution in [1.82, 2.24) is 10.3 Å². The second kappa shape index (κ2) is 10.7. The van der Waals surface area contributed by atoms with E-state index < -0.39 is 5.97 Å². The fraction of sp³-hybridized carbons (Fsp3) is 0.238. The molecule has 0 fully saturated rings. The Morgan fingerprint density at radius 1 is 1.13 bits per heavy atom. The Morgan fingerprint density at radius 2 is 1.97 bits per heavy atom. The molecule has 0 bridgehead atoms. The number of esters is 1. The Morgan fingerprint density at radius 3 is 2.73 bits per heavy atom. The second-order valence-corrected chi connectivity index (χ2v) is 8.17. The molecular formula is C21H21N3O4S2. The normalized spacial score (nSPS) is 10.4. The first-order chi connectivity index (χ1) is 14.5. The summed E-state index contributed by atoms with van der Waals surface area (Å²) in [6.07, 6.45) is 0.229. The molecule has 0 radical (unpaired) electrons. The molecule has 156 valence electrons. The van der Waals surface area contributed by atoms with Crippen molar-refractivity contribution in [3.8, 4) is 0 Å². The lowest BCUT2D eigenvalue weighted by Gasteiger charge is -2.06. The average molecular weight is 444 g/mol. The first kappa shape index (κ1) is 21.7. The number of aromatic nitrogens is 1. The summed E-state index contributed by atoms with van der Waals surface area (Å²) in [6, 6.07) is 9.28. The van der Waals surface area contributed by atoms with E-state index in [9.17, 15) is 14.4 Å². The number of carbonyl (C=O) groups excluding carboxylic acids is 3. The van der Waals surface area contributed by atoms with E-state index >= 15 is 0 Å². The highest BCUT2D eigenvalue weighted by Gasteiger charge is 2.12. The molecule has 0 aliphatic carbocycles. The zero-order valence-corrected chi connectivity index (χ0v) is 18.0. The third-order valence-electron chi connectivity index (χ3n) is 4.11. The molecule has 9 heteroatoms. The van der Waals surface area contributed by atoms with Crippen molar-refractivity contribution in [3.63, 3.8) is 0 Å². The van der Waals surface area contributed by atoms with E-state index in [1.807, 2.05) is 36.6 Å². The van der Waals surface area contributed by atoms with Gasteiger partial charge in [-0.25, -0.2) is 4.98 Å². The summed E-state index contributed by atoms with van der Waals surface area (Å²) in [6.45, 7) is 2.17.